The van der Waals surface area contributed by atoms with E-state index in [1.54, 1.807) is 0 Å². The number of rotatable bonds is 0. The van der Waals surface area contributed by atoms with Crippen molar-refractivity contribution in [2.24, 2.45) is 23.2 Å². The summed E-state index contributed by atoms with van der Waals surface area (Å²) in [5.41, 5.74) is 0.441. The first-order valence-corrected chi connectivity index (χ1v) is 6.97. The number of ketones is 1. The van der Waals surface area contributed by atoms with Gasteiger partial charge in [0.25, 0.3) is 0 Å². The smallest absolute Gasteiger partial charge is 0.309 e. The van der Waals surface area contributed by atoms with Gasteiger partial charge >= 0.3 is 5.97 Å². The summed E-state index contributed by atoms with van der Waals surface area (Å²) in [5, 5.41) is 10.3. The van der Waals surface area contributed by atoms with E-state index in [2.05, 4.69) is 0 Å². The Labute approximate surface area is 112 Å². The van der Waals surface area contributed by atoms with Gasteiger partial charge in [-0.05, 0) is 25.8 Å². The minimum atomic E-state index is -0.975. The van der Waals surface area contributed by atoms with Crippen LogP contribution in [0.15, 0.2) is 11.6 Å². The summed E-state index contributed by atoms with van der Waals surface area (Å²) in [7, 11) is 0. The van der Waals surface area contributed by atoms with Gasteiger partial charge < -0.3 is 9.84 Å². The van der Waals surface area contributed by atoms with E-state index in [-0.39, 0.29) is 35.6 Å². The predicted molar refractivity (Wildman–Crippen MR) is 68.1 cm³/mol. The van der Waals surface area contributed by atoms with Crippen LogP contribution in [0, 0.1) is 23.2 Å². The zero-order chi connectivity index (χ0) is 13.9. The topological polar surface area (TPSA) is 63.6 Å². The van der Waals surface area contributed by atoms with Crippen LogP contribution in [-0.2, 0) is 14.3 Å². The van der Waals surface area contributed by atoms with Gasteiger partial charge in [-0.15, -0.1) is 0 Å². The lowest BCUT2D eigenvalue weighted by atomic mass is 9.55. The second kappa shape index (κ2) is 3.92. The van der Waals surface area contributed by atoms with Crippen LogP contribution in [0.1, 0.15) is 33.6 Å². The highest BCUT2D eigenvalue weighted by Gasteiger charge is 2.59. The molecule has 0 aromatic heterocycles. The van der Waals surface area contributed by atoms with Gasteiger partial charge in [-0.2, -0.15) is 0 Å². The summed E-state index contributed by atoms with van der Waals surface area (Å²) < 4.78 is 5.56. The van der Waals surface area contributed by atoms with Crippen molar-refractivity contribution in [1.29, 1.82) is 0 Å². The third-order valence-electron chi connectivity index (χ3n) is 5.50. The van der Waals surface area contributed by atoms with Crippen LogP contribution >= 0.6 is 0 Å². The molecule has 3 rings (SSSR count). The van der Waals surface area contributed by atoms with Crippen LogP contribution in [0.4, 0.5) is 0 Å². The van der Waals surface area contributed by atoms with Crippen LogP contribution in [0.2, 0.25) is 0 Å². The van der Waals surface area contributed by atoms with E-state index in [9.17, 15) is 14.7 Å². The Hall–Kier alpha value is -1.16. The van der Waals surface area contributed by atoms with Crippen LogP contribution in [0.5, 0.6) is 0 Å². The number of fused-ring (bicyclic) bond motifs is 3. The Kier molecular flexibility index (Phi) is 2.65. The van der Waals surface area contributed by atoms with E-state index < -0.39 is 11.5 Å². The average Bonchev–Trinajstić information content (AvgIpc) is 2.62. The second-order valence-electron chi connectivity index (χ2n) is 6.57. The van der Waals surface area contributed by atoms with Gasteiger partial charge in [0.15, 0.2) is 5.78 Å². The molecule has 19 heavy (non-hydrogen) atoms. The minimum absolute atomic E-state index is 0.0344. The highest BCUT2D eigenvalue weighted by molar-refractivity contribution is 5.96. The lowest BCUT2D eigenvalue weighted by Crippen LogP contribution is -2.55. The first kappa shape index (κ1) is 12.9. The van der Waals surface area contributed by atoms with Crippen LogP contribution in [0.3, 0.4) is 0 Å². The van der Waals surface area contributed by atoms with Crippen molar-refractivity contribution in [3.63, 3.8) is 0 Å². The van der Waals surface area contributed by atoms with Crippen molar-refractivity contribution < 1.29 is 19.4 Å². The zero-order valence-corrected chi connectivity index (χ0v) is 11.6. The van der Waals surface area contributed by atoms with Gasteiger partial charge in [-0.1, -0.05) is 19.4 Å². The first-order chi connectivity index (χ1) is 8.86. The summed E-state index contributed by atoms with van der Waals surface area (Å²) >= 11 is 0. The standard InChI is InChI=1S/C15H20O4/c1-7-6-10(16)13(17)15(3)5-4-9-8(2)14(18)19-12(9)11(7)15/h6,8-9,11-13,17H,4-5H2,1-3H3/t8-,9+,11+,12-,13-,15+/m1/s1. The molecule has 0 spiro atoms. The lowest BCUT2D eigenvalue weighted by molar-refractivity contribution is -0.154. The Morgan fingerprint density at radius 1 is 1.42 bits per heavy atom. The zero-order valence-electron chi connectivity index (χ0n) is 11.6. The van der Waals surface area contributed by atoms with E-state index in [0.717, 1.165) is 18.4 Å². The quantitative estimate of drug-likeness (QED) is 0.673. The van der Waals surface area contributed by atoms with Crippen LogP contribution in [-0.4, -0.2) is 29.1 Å². The normalized spacial score (nSPS) is 49.3. The van der Waals surface area contributed by atoms with Gasteiger partial charge in [-0.25, -0.2) is 0 Å². The van der Waals surface area contributed by atoms with Gasteiger partial charge in [0.2, 0.25) is 0 Å². The molecule has 0 amide bonds. The molecule has 4 nitrogen and oxygen atoms in total. The summed E-state index contributed by atoms with van der Waals surface area (Å²) in [6.07, 6.45) is 1.97. The number of carbonyl (C=O) groups is 2. The van der Waals surface area contributed by atoms with E-state index in [4.69, 9.17) is 4.74 Å². The Morgan fingerprint density at radius 3 is 2.79 bits per heavy atom. The van der Waals surface area contributed by atoms with Crippen molar-refractivity contribution >= 4 is 11.8 Å². The molecular formula is C15H20O4. The Balaban J connectivity index is 2.05. The fraction of sp³-hybridized carbons (Fsp3) is 0.733. The lowest BCUT2D eigenvalue weighted by Gasteiger charge is -2.50. The molecule has 104 valence electrons. The minimum Gasteiger partial charge on any atom is -0.461 e. The van der Waals surface area contributed by atoms with Crippen molar-refractivity contribution in [2.75, 3.05) is 0 Å². The van der Waals surface area contributed by atoms with Gasteiger partial charge in [0.1, 0.15) is 12.2 Å². The molecule has 0 aromatic rings. The molecule has 0 bridgehead atoms. The fourth-order valence-electron chi connectivity index (χ4n) is 4.33. The highest BCUT2D eigenvalue weighted by atomic mass is 16.6. The van der Waals surface area contributed by atoms with Crippen molar-refractivity contribution in [3.8, 4) is 0 Å². The van der Waals surface area contributed by atoms with Crippen LogP contribution in [0.25, 0.3) is 0 Å². The van der Waals surface area contributed by atoms with Gasteiger partial charge in [0.05, 0.1) is 5.92 Å². The molecule has 2 fully saturated rings. The van der Waals surface area contributed by atoms with E-state index >= 15 is 0 Å². The molecule has 2 aliphatic carbocycles. The molecule has 1 heterocycles. The second-order valence-corrected chi connectivity index (χ2v) is 6.57. The summed E-state index contributed by atoms with van der Waals surface area (Å²) in [4.78, 5) is 23.7. The molecule has 0 radical (unpaired) electrons. The van der Waals surface area contributed by atoms with Crippen LogP contribution < -0.4 is 0 Å². The molecule has 1 saturated heterocycles. The molecule has 1 saturated carbocycles. The molecule has 0 unspecified atom stereocenters. The Morgan fingerprint density at radius 2 is 2.11 bits per heavy atom. The van der Waals surface area contributed by atoms with Gasteiger partial charge in [0, 0.05) is 17.3 Å². The largest absolute Gasteiger partial charge is 0.461 e. The Bertz CT molecular complexity index is 481. The molecule has 1 N–H and O–H groups in total. The number of carbonyl (C=O) groups excluding carboxylic acids is 2. The number of esters is 1. The van der Waals surface area contributed by atoms with Crippen molar-refractivity contribution in [3.05, 3.63) is 11.6 Å². The average molecular weight is 264 g/mol. The predicted octanol–water partition coefficient (Wildman–Crippen LogP) is 1.47. The van der Waals surface area contributed by atoms with E-state index in [0.29, 0.717) is 0 Å². The first-order valence-electron chi connectivity index (χ1n) is 6.97. The molecule has 3 aliphatic rings. The monoisotopic (exact) mass is 264 g/mol. The number of aliphatic hydroxyl groups is 1. The maximum absolute atomic E-state index is 11.9. The molecule has 6 atom stereocenters. The summed E-state index contributed by atoms with van der Waals surface area (Å²) in [5.74, 6) is -0.246. The fourth-order valence-corrected chi connectivity index (χ4v) is 4.33. The number of hydrogen-bond donors (Lipinski definition) is 1. The van der Waals surface area contributed by atoms with E-state index in [1.807, 2.05) is 20.8 Å². The highest BCUT2D eigenvalue weighted by Crippen LogP contribution is 2.55. The van der Waals surface area contributed by atoms with Crippen molar-refractivity contribution in [1.82, 2.24) is 0 Å². The summed E-state index contributed by atoms with van der Waals surface area (Å²) in [6.45, 7) is 5.77. The van der Waals surface area contributed by atoms with E-state index in [1.165, 1.54) is 6.08 Å². The molecule has 4 heteroatoms. The molecule has 0 aromatic carbocycles. The number of aliphatic hydroxyl groups excluding tert-OH is 1. The maximum atomic E-state index is 11.9. The number of ether oxygens (including phenoxy) is 1. The maximum Gasteiger partial charge on any atom is 0.309 e. The molecular weight excluding hydrogens is 244 g/mol. The number of hydrogen-bond acceptors (Lipinski definition) is 4. The van der Waals surface area contributed by atoms with Gasteiger partial charge in [-0.3, -0.25) is 9.59 Å². The summed E-state index contributed by atoms with van der Waals surface area (Å²) in [6, 6.07) is 0. The van der Waals surface area contributed by atoms with Crippen molar-refractivity contribution in [2.45, 2.75) is 45.8 Å². The SMILES string of the molecule is CC1=CC(=O)[C@@H](O)[C@@]2(C)CC[C@@H]3[C@@H](OC(=O)[C@@H]3C)[C@H]12. The third-order valence-corrected chi connectivity index (χ3v) is 5.50. The molecule has 1 aliphatic heterocycles. The third kappa shape index (κ3) is 1.55.